The highest BCUT2D eigenvalue weighted by Gasteiger charge is 2.23. The van der Waals surface area contributed by atoms with Crippen molar-refractivity contribution in [2.24, 2.45) is 0 Å². The van der Waals surface area contributed by atoms with Crippen molar-refractivity contribution in [2.45, 2.75) is 18.9 Å². The molecule has 2 rings (SSSR count). The second-order valence-electron chi connectivity index (χ2n) is 3.98. The number of hydrogen-bond acceptors (Lipinski definition) is 2. The first kappa shape index (κ1) is 8.57. The van der Waals surface area contributed by atoms with Crippen LogP contribution in [0.15, 0.2) is 18.2 Å². The van der Waals surface area contributed by atoms with Gasteiger partial charge in [0.25, 0.3) is 0 Å². The predicted octanol–water partition coefficient (Wildman–Crippen LogP) is 1.82. The van der Waals surface area contributed by atoms with Crippen LogP contribution < -0.4 is 5.73 Å². The van der Waals surface area contributed by atoms with E-state index in [0.29, 0.717) is 6.04 Å². The maximum Gasteiger partial charge on any atom is 0.0348 e. The van der Waals surface area contributed by atoms with E-state index in [1.54, 1.807) is 0 Å². The lowest BCUT2D eigenvalue weighted by Crippen LogP contribution is -2.17. The Morgan fingerprint density at radius 1 is 1.38 bits per heavy atom. The van der Waals surface area contributed by atoms with Crippen LogP contribution in [0.4, 0.5) is 5.69 Å². The van der Waals surface area contributed by atoms with E-state index in [2.05, 4.69) is 31.1 Å². The highest BCUT2D eigenvalue weighted by molar-refractivity contribution is 5.47. The summed E-state index contributed by atoms with van der Waals surface area (Å²) in [6.45, 7) is 0. The minimum Gasteiger partial charge on any atom is -0.399 e. The van der Waals surface area contributed by atoms with Gasteiger partial charge in [-0.3, -0.25) is 0 Å². The van der Waals surface area contributed by atoms with E-state index >= 15 is 0 Å². The molecular weight excluding hydrogens is 160 g/mol. The van der Waals surface area contributed by atoms with Gasteiger partial charge in [-0.15, -0.1) is 0 Å². The summed E-state index contributed by atoms with van der Waals surface area (Å²) in [6, 6.07) is 6.84. The first-order valence-corrected chi connectivity index (χ1v) is 4.73. The molecule has 1 aromatic rings. The minimum absolute atomic E-state index is 0.568. The second-order valence-corrected chi connectivity index (χ2v) is 3.98. The van der Waals surface area contributed by atoms with E-state index in [1.807, 2.05) is 6.07 Å². The molecule has 70 valence electrons. The monoisotopic (exact) mass is 176 g/mol. The van der Waals surface area contributed by atoms with E-state index in [0.717, 1.165) is 5.69 Å². The van der Waals surface area contributed by atoms with Crippen LogP contribution >= 0.6 is 0 Å². The van der Waals surface area contributed by atoms with Crippen molar-refractivity contribution < 1.29 is 0 Å². The van der Waals surface area contributed by atoms with Gasteiger partial charge in [-0.05, 0) is 50.2 Å². The lowest BCUT2D eigenvalue weighted by molar-refractivity contribution is 0.299. The number of rotatable bonds is 1. The molecule has 0 saturated carbocycles. The van der Waals surface area contributed by atoms with Gasteiger partial charge >= 0.3 is 0 Å². The fourth-order valence-corrected chi connectivity index (χ4v) is 2.14. The van der Waals surface area contributed by atoms with Crippen LogP contribution in [0, 0.1) is 0 Å². The largest absolute Gasteiger partial charge is 0.399 e. The molecule has 1 aliphatic rings. The number of fused-ring (bicyclic) bond motifs is 1. The van der Waals surface area contributed by atoms with Crippen molar-refractivity contribution in [3.8, 4) is 0 Å². The van der Waals surface area contributed by atoms with Gasteiger partial charge in [0, 0.05) is 11.7 Å². The smallest absolute Gasteiger partial charge is 0.0348 e. The third-order valence-corrected chi connectivity index (χ3v) is 2.84. The average Bonchev–Trinajstić information content (AvgIpc) is 2.46. The Morgan fingerprint density at radius 2 is 2.15 bits per heavy atom. The van der Waals surface area contributed by atoms with Crippen LogP contribution in [0.25, 0.3) is 0 Å². The van der Waals surface area contributed by atoms with Crippen molar-refractivity contribution in [1.29, 1.82) is 0 Å². The quantitative estimate of drug-likeness (QED) is 0.661. The maximum atomic E-state index is 5.77. The fraction of sp³-hybridized carbons (Fsp3) is 0.455. The Kier molecular flexibility index (Phi) is 2.00. The van der Waals surface area contributed by atoms with E-state index in [4.69, 9.17) is 5.73 Å². The summed E-state index contributed by atoms with van der Waals surface area (Å²) in [5.41, 5.74) is 9.54. The Hall–Kier alpha value is -1.02. The van der Waals surface area contributed by atoms with E-state index < -0.39 is 0 Å². The molecular formula is C11H16N2. The number of nitrogens with two attached hydrogens (primary N) is 1. The molecule has 0 spiro atoms. The van der Waals surface area contributed by atoms with Crippen LogP contribution in [0.5, 0.6) is 0 Å². The van der Waals surface area contributed by atoms with Gasteiger partial charge < -0.3 is 10.6 Å². The third kappa shape index (κ3) is 1.42. The molecule has 0 radical (unpaired) electrons. The zero-order valence-corrected chi connectivity index (χ0v) is 8.25. The van der Waals surface area contributed by atoms with Gasteiger partial charge in [0.15, 0.2) is 0 Å². The normalized spacial score (nSPS) is 20.7. The first-order valence-electron chi connectivity index (χ1n) is 4.73. The summed E-state index contributed by atoms with van der Waals surface area (Å²) in [7, 11) is 4.26. The summed E-state index contributed by atoms with van der Waals surface area (Å²) in [6.07, 6.45) is 2.42. The van der Waals surface area contributed by atoms with Gasteiger partial charge in [0.1, 0.15) is 0 Å². The summed E-state index contributed by atoms with van der Waals surface area (Å²) in [5, 5.41) is 0. The second kappa shape index (κ2) is 3.04. The molecule has 0 aliphatic heterocycles. The number of nitrogens with zero attached hydrogens (tertiary/aromatic N) is 1. The zero-order chi connectivity index (χ0) is 9.42. The molecule has 1 aliphatic carbocycles. The molecule has 2 heteroatoms. The van der Waals surface area contributed by atoms with Crippen molar-refractivity contribution in [3.05, 3.63) is 29.3 Å². The molecule has 0 bridgehead atoms. The summed E-state index contributed by atoms with van der Waals surface area (Å²) in [5.74, 6) is 0. The van der Waals surface area contributed by atoms with E-state index in [1.165, 1.54) is 24.0 Å². The van der Waals surface area contributed by atoms with Crippen molar-refractivity contribution in [1.82, 2.24) is 4.90 Å². The standard InChI is InChI=1S/C11H16N2/c1-13(2)11-6-4-8-3-5-9(12)7-10(8)11/h3,5,7,11H,4,6,12H2,1-2H3. The molecule has 2 N–H and O–H groups in total. The Balaban J connectivity index is 2.40. The fourth-order valence-electron chi connectivity index (χ4n) is 2.14. The van der Waals surface area contributed by atoms with E-state index in [-0.39, 0.29) is 0 Å². The Bertz CT molecular complexity index is 318. The lowest BCUT2D eigenvalue weighted by atomic mass is 10.1. The topological polar surface area (TPSA) is 29.3 Å². The van der Waals surface area contributed by atoms with Crippen LogP contribution in [0.3, 0.4) is 0 Å². The lowest BCUT2D eigenvalue weighted by Gasteiger charge is -2.20. The molecule has 0 amide bonds. The van der Waals surface area contributed by atoms with Gasteiger partial charge in [-0.25, -0.2) is 0 Å². The molecule has 0 aromatic heterocycles. The van der Waals surface area contributed by atoms with Crippen LogP contribution in [0.1, 0.15) is 23.6 Å². The van der Waals surface area contributed by atoms with Crippen LogP contribution in [-0.4, -0.2) is 19.0 Å². The minimum atomic E-state index is 0.568. The highest BCUT2D eigenvalue weighted by atomic mass is 15.1. The summed E-state index contributed by atoms with van der Waals surface area (Å²) < 4.78 is 0. The maximum absolute atomic E-state index is 5.77. The van der Waals surface area contributed by atoms with E-state index in [9.17, 15) is 0 Å². The van der Waals surface area contributed by atoms with Crippen LogP contribution in [-0.2, 0) is 6.42 Å². The Labute approximate surface area is 79.4 Å². The van der Waals surface area contributed by atoms with Crippen molar-refractivity contribution >= 4 is 5.69 Å². The number of benzene rings is 1. The number of anilines is 1. The van der Waals surface area contributed by atoms with Gasteiger partial charge in [0.05, 0.1) is 0 Å². The first-order chi connectivity index (χ1) is 6.18. The molecule has 0 fully saturated rings. The van der Waals surface area contributed by atoms with Crippen molar-refractivity contribution in [3.63, 3.8) is 0 Å². The molecule has 13 heavy (non-hydrogen) atoms. The zero-order valence-electron chi connectivity index (χ0n) is 8.25. The molecule has 0 heterocycles. The molecule has 1 unspecified atom stereocenters. The third-order valence-electron chi connectivity index (χ3n) is 2.84. The van der Waals surface area contributed by atoms with Gasteiger partial charge in [-0.1, -0.05) is 6.07 Å². The molecule has 1 aromatic carbocycles. The van der Waals surface area contributed by atoms with Gasteiger partial charge in [-0.2, -0.15) is 0 Å². The number of hydrogen-bond donors (Lipinski definition) is 1. The average molecular weight is 176 g/mol. The molecule has 2 nitrogen and oxygen atoms in total. The SMILES string of the molecule is CN(C)C1CCc2ccc(N)cc21. The summed E-state index contributed by atoms with van der Waals surface area (Å²) in [4.78, 5) is 2.27. The number of nitrogen functional groups attached to an aromatic ring is 1. The Morgan fingerprint density at radius 3 is 2.85 bits per heavy atom. The molecule has 1 atom stereocenters. The summed E-state index contributed by atoms with van der Waals surface area (Å²) >= 11 is 0. The van der Waals surface area contributed by atoms with Gasteiger partial charge in [0.2, 0.25) is 0 Å². The van der Waals surface area contributed by atoms with Crippen molar-refractivity contribution in [2.75, 3.05) is 19.8 Å². The predicted molar refractivity (Wildman–Crippen MR) is 55.6 cm³/mol. The highest BCUT2D eigenvalue weighted by Crippen LogP contribution is 2.35. The molecule has 0 saturated heterocycles. The van der Waals surface area contributed by atoms with Crippen LogP contribution in [0.2, 0.25) is 0 Å². The number of aryl methyl sites for hydroxylation is 1.